The van der Waals surface area contributed by atoms with E-state index in [0.717, 1.165) is 6.04 Å². The molecule has 0 atom stereocenters. The van der Waals surface area contributed by atoms with Gasteiger partial charge in [0.2, 0.25) is 5.78 Å². The lowest BCUT2D eigenvalue weighted by atomic mass is 10.0. The van der Waals surface area contributed by atoms with Crippen LogP contribution in [0.25, 0.3) is 10.9 Å². The number of fused-ring (bicyclic) bond motifs is 1. The van der Waals surface area contributed by atoms with Crippen molar-refractivity contribution in [3.05, 3.63) is 52.7 Å². The molecular formula is C20H24ClN3O4Si. The van der Waals surface area contributed by atoms with Crippen molar-refractivity contribution in [1.29, 1.82) is 0 Å². The number of aliphatic carboxylic acids is 1. The number of rotatable bonds is 9. The van der Waals surface area contributed by atoms with Gasteiger partial charge < -0.3 is 19.4 Å². The number of ketones is 1. The molecule has 0 bridgehead atoms. The summed E-state index contributed by atoms with van der Waals surface area (Å²) in [6, 6.07) is 6.10. The van der Waals surface area contributed by atoms with Crippen LogP contribution in [0.5, 0.6) is 0 Å². The van der Waals surface area contributed by atoms with Gasteiger partial charge in [-0.3, -0.25) is 9.59 Å². The third kappa shape index (κ3) is 5.14. The molecule has 3 aromatic rings. The topological polar surface area (TPSA) is 97.2 Å². The molecule has 7 nitrogen and oxygen atoms in total. The number of carbonyl (C=O) groups excluding carboxylic acids is 1. The van der Waals surface area contributed by atoms with Crippen molar-refractivity contribution in [3.63, 3.8) is 0 Å². The van der Waals surface area contributed by atoms with Crippen LogP contribution >= 0.6 is 11.6 Å². The van der Waals surface area contributed by atoms with Crippen LogP contribution in [-0.4, -0.2) is 46.1 Å². The van der Waals surface area contributed by atoms with E-state index in [1.165, 1.54) is 6.20 Å². The van der Waals surface area contributed by atoms with Gasteiger partial charge in [0.15, 0.2) is 5.82 Å². The first-order chi connectivity index (χ1) is 13.7. The maximum absolute atomic E-state index is 13.2. The number of carboxylic acids is 1. The number of hydrogen-bond donors (Lipinski definition) is 2. The number of nitrogens with one attached hydrogen (secondary N) is 1. The number of aromatic amines is 1. The molecule has 2 heterocycles. The van der Waals surface area contributed by atoms with Gasteiger partial charge in [0, 0.05) is 48.6 Å². The van der Waals surface area contributed by atoms with Crippen molar-refractivity contribution in [2.24, 2.45) is 0 Å². The van der Waals surface area contributed by atoms with E-state index in [-0.39, 0.29) is 30.5 Å². The number of aromatic nitrogens is 3. The minimum absolute atomic E-state index is 0.197. The predicted molar refractivity (Wildman–Crippen MR) is 114 cm³/mol. The van der Waals surface area contributed by atoms with Crippen molar-refractivity contribution >= 4 is 42.3 Å². The molecule has 0 amide bonds. The van der Waals surface area contributed by atoms with Gasteiger partial charge in [0.05, 0.1) is 12.1 Å². The SMILES string of the molecule is C[Si](C)(C)CCOCn1ccnc1C(=O)c1[nH]c2ccc(Cl)cc2c1CC(=O)O. The van der Waals surface area contributed by atoms with Crippen LogP contribution < -0.4 is 0 Å². The van der Waals surface area contributed by atoms with Crippen LogP contribution in [0.1, 0.15) is 21.9 Å². The van der Waals surface area contributed by atoms with E-state index in [0.29, 0.717) is 28.1 Å². The van der Waals surface area contributed by atoms with Gasteiger partial charge in [-0.15, -0.1) is 0 Å². The van der Waals surface area contributed by atoms with E-state index >= 15 is 0 Å². The molecule has 0 aliphatic heterocycles. The second-order valence-electron chi connectivity index (χ2n) is 8.14. The summed E-state index contributed by atoms with van der Waals surface area (Å²) in [4.78, 5) is 31.8. The van der Waals surface area contributed by atoms with Gasteiger partial charge in [0.1, 0.15) is 6.73 Å². The van der Waals surface area contributed by atoms with E-state index in [1.807, 2.05) is 0 Å². The molecule has 0 saturated heterocycles. The fourth-order valence-electron chi connectivity index (χ4n) is 3.02. The van der Waals surface area contributed by atoms with Gasteiger partial charge in [-0.25, -0.2) is 4.98 Å². The molecule has 0 aliphatic carbocycles. The molecule has 9 heteroatoms. The number of hydrogen-bond acceptors (Lipinski definition) is 4. The fraction of sp³-hybridized carbons (Fsp3) is 0.350. The van der Waals surface area contributed by atoms with E-state index in [1.54, 1.807) is 29.0 Å². The fourth-order valence-corrected chi connectivity index (χ4v) is 3.95. The maximum atomic E-state index is 13.2. The minimum atomic E-state index is -1.20. The smallest absolute Gasteiger partial charge is 0.307 e. The highest BCUT2D eigenvalue weighted by Crippen LogP contribution is 2.27. The van der Waals surface area contributed by atoms with Crippen LogP contribution in [0.4, 0.5) is 0 Å². The zero-order valence-electron chi connectivity index (χ0n) is 16.7. The number of nitrogens with zero attached hydrogens (tertiary/aromatic N) is 2. The lowest BCUT2D eigenvalue weighted by molar-refractivity contribution is -0.136. The third-order valence-electron chi connectivity index (χ3n) is 4.57. The van der Waals surface area contributed by atoms with Gasteiger partial charge >= 0.3 is 5.97 Å². The molecule has 3 rings (SSSR count). The van der Waals surface area contributed by atoms with Gasteiger partial charge in [-0.1, -0.05) is 31.2 Å². The standard InChI is InChI=1S/C20H24ClN3O4Si/c1-29(2,3)9-8-28-12-24-7-6-22-20(24)19(27)18-15(11-17(25)26)14-10-13(21)4-5-16(14)23-18/h4-7,10,23H,8-9,11-12H2,1-3H3,(H,25,26). The molecular weight excluding hydrogens is 410 g/mol. The quantitative estimate of drug-likeness (QED) is 0.299. The first-order valence-electron chi connectivity index (χ1n) is 9.31. The van der Waals surface area contributed by atoms with Crippen molar-refractivity contribution in [1.82, 2.24) is 14.5 Å². The first-order valence-corrected chi connectivity index (χ1v) is 13.4. The first kappa shape index (κ1) is 21.3. The number of ether oxygens (including phenoxy) is 1. The summed E-state index contributed by atoms with van der Waals surface area (Å²) < 4.78 is 7.37. The van der Waals surface area contributed by atoms with E-state index in [4.69, 9.17) is 16.3 Å². The average molecular weight is 434 g/mol. The highest BCUT2D eigenvalue weighted by molar-refractivity contribution is 6.76. The Morgan fingerprint density at radius 1 is 1.31 bits per heavy atom. The summed E-state index contributed by atoms with van der Waals surface area (Å²) in [5.41, 5.74) is 1.26. The lowest BCUT2D eigenvalue weighted by Crippen LogP contribution is -2.22. The molecule has 0 aliphatic rings. The summed E-state index contributed by atoms with van der Waals surface area (Å²) in [5, 5.41) is 10.4. The Bertz CT molecular complexity index is 1050. The molecule has 2 N–H and O–H groups in total. The number of halogens is 1. The number of benzene rings is 1. The molecule has 154 valence electrons. The van der Waals surface area contributed by atoms with Gasteiger partial charge in [-0.2, -0.15) is 0 Å². The molecule has 0 saturated carbocycles. The normalized spacial score (nSPS) is 11.9. The van der Waals surface area contributed by atoms with Gasteiger partial charge in [0.25, 0.3) is 0 Å². The molecule has 29 heavy (non-hydrogen) atoms. The summed E-state index contributed by atoms with van der Waals surface area (Å²) in [7, 11) is -1.20. The zero-order chi connectivity index (χ0) is 21.2. The highest BCUT2D eigenvalue weighted by Gasteiger charge is 2.24. The Morgan fingerprint density at radius 2 is 2.07 bits per heavy atom. The van der Waals surface area contributed by atoms with Crippen LogP contribution in [0.3, 0.4) is 0 Å². The maximum Gasteiger partial charge on any atom is 0.307 e. The molecule has 2 aromatic heterocycles. The third-order valence-corrected chi connectivity index (χ3v) is 6.51. The summed E-state index contributed by atoms with van der Waals surface area (Å²) in [6.45, 7) is 7.65. The number of carboxylic acid groups (broad SMARTS) is 1. The van der Waals surface area contributed by atoms with Crippen molar-refractivity contribution in [3.8, 4) is 0 Å². The molecule has 0 radical (unpaired) electrons. The van der Waals surface area contributed by atoms with Crippen LogP contribution in [0, 0.1) is 0 Å². The Labute approximate surface area is 174 Å². The Hall–Kier alpha value is -2.42. The Balaban J connectivity index is 1.88. The van der Waals surface area contributed by atoms with Crippen molar-refractivity contribution in [2.75, 3.05) is 6.61 Å². The summed E-state index contributed by atoms with van der Waals surface area (Å²) in [6.07, 6.45) is 2.92. The Morgan fingerprint density at radius 3 is 2.76 bits per heavy atom. The van der Waals surface area contributed by atoms with Crippen molar-refractivity contribution < 1.29 is 19.4 Å². The molecule has 0 spiro atoms. The molecule has 0 unspecified atom stereocenters. The monoisotopic (exact) mass is 433 g/mol. The minimum Gasteiger partial charge on any atom is -0.481 e. The summed E-state index contributed by atoms with van der Waals surface area (Å²) >= 11 is 6.07. The van der Waals surface area contributed by atoms with Crippen molar-refractivity contribution in [2.45, 2.75) is 38.8 Å². The molecule has 1 aromatic carbocycles. The number of imidazole rings is 1. The zero-order valence-corrected chi connectivity index (χ0v) is 18.4. The largest absolute Gasteiger partial charge is 0.481 e. The average Bonchev–Trinajstić information content (AvgIpc) is 3.22. The lowest BCUT2D eigenvalue weighted by Gasteiger charge is -2.16. The van der Waals surface area contributed by atoms with E-state index in [9.17, 15) is 14.7 Å². The number of carbonyl (C=O) groups is 2. The molecule has 0 fully saturated rings. The second kappa shape index (κ2) is 8.52. The Kier molecular flexibility index (Phi) is 6.26. The number of H-pyrrole nitrogens is 1. The van der Waals surface area contributed by atoms with E-state index in [2.05, 4.69) is 29.6 Å². The van der Waals surface area contributed by atoms with Gasteiger partial charge in [-0.05, 0) is 24.2 Å². The predicted octanol–water partition coefficient (Wildman–Crippen LogP) is 4.19. The summed E-state index contributed by atoms with van der Waals surface area (Å²) in [5.74, 6) is -1.22. The second-order valence-corrected chi connectivity index (χ2v) is 14.2. The van der Waals surface area contributed by atoms with Crippen LogP contribution in [0.15, 0.2) is 30.6 Å². The van der Waals surface area contributed by atoms with Crippen LogP contribution in [-0.2, 0) is 22.7 Å². The van der Waals surface area contributed by atoms with Crippen LogP contribution in [0.2, 0.25) is 30.7 Å². The van der Waals surface area contributed by atoms with E-state index < -0.39 is 14.0 Å². The highest BCUT2D eigenvalue weighted by atomic mass is 35.5.